The second-order valence-corrected chi connectivity index (χ2v) is 12.9. The first-order valence-corrected chi connectivity index (χ1v) is 17.1. The van der Waals surface area contributed by atoms with Crippen molar-refractivity contribution < 1.29 is 13.3 Å². The largest absolute Gasteiger partial charge is 0.436 e. The number of rotatable bonds is 5. The van der Waals surface area contributed by atoms with E-state index in [-0.39, 0.29) is 0 Å². The molecule has 0 aliphatic heterocycles. The molecule has 0 aliphatic rings. The van der Waals surface area contributed by atoms with Gasteiger partial charge in [-0.15, -0.1) is 0 Å². The smallest absolute Gasteiger partial charge is 0.227 e. The van der Waals surface area contributed by atoms with Gasteiger partial charge < -0.3 is 17.8 Å². The highest BCUT2D eigenvalue weighted by atomic mass is 16.4. The fraction of sp³-hybridized carbons (Fsp3) is 0. The Bertz CT molecular complexity index is 3060. The minimum absolute atomic E-state index is 0.570. The van der Waals surface area contributed by atoms with Crippen LogP contribution in [0.1, 0.15) is 0 Å². The zero-order valence-electron chi connectivity index (χ0n) is 27.5. The summed E-state index contributed by atoms with van der Waals surface area (Å²) >= 11 is 0. The summed E-state index contributed by atoms with van der Waals surface area (Å²) in [5, 5.41) is 2.11. The number of para-hydroxylation sites is 4. The molecule has 0 aliphatic carbocycles. The van der Waals surface area contributed by atoms with Crippen LogP contribution < -0.4 is 0 Å². The maximum absolute atomic E-state index is 6.41. The van der Waals surface area contributed by atoms with E-state index >= 15 is 0 Å². The Morgan fingerprint density at radius 2 is 0.827 bits per heavy atom. The molecule has 0 spiro atoms. The van der Waals surface area contributed by atoms with Crippen LogP contribution in [0.3, 0.4) is 0 Å². The molecule has 0 unspecified atom stereocenters. The summed E-state index contributed by atoms with van der Waals surface area (Å²) in [5.74, 6) is 1.74. The monoisotopic (exact) mass is 670 g/mol. The first-order valence-electron chi connectivity index (χ1n) is 17.1. The van der Waals surface area contributed by atoms with Crippen molar-refractivity contribution in [3.63, 3.8) is 0 Å². The van der Waals surface area contributed by atoms with E-state index in [2.05, 4.69) is 89.5 Å². The van der Waals surface area contributed by atoms with Crippen molar-refractivity contribution in [1.82, 2.24) is 19.5 Å². The second-order valence-electron chi connectivity index (χ2n) is 12.9. The lowest BCUT2D eigenvalue weighted by Gasteiger charge is -2.09. The van der Waals surface area contributed by atoms with Crippen molar-refractivity contribution in [3.05, 3.63) is 158 Å². The van der Waals surface area contributed by atoms with E-state index in [1.807, 2.05) is 72.8 Å². The van der Waals surface area contributed by atoms with E-state index in [1.54, 1.807) is 0 Å². The van der Waals surface area contributed by atoms with Gasteiger partial charge in [0.05, 0.1) is 11.0 Å². The summed E-state index contributed by atoms with van der Waals surface area (Å²) < 4.78 is 20.9. The lowest BCUT2D eigenvalue weighted by atomic mass is 10.1. The van der Waals surface area contributed by atoms with Crippen molar-refractivity contribution in [3.8, 4) is 51.2 Å². The fourth-order valence-corrected chi connectivity index (χ4v) is 7.17. The van der Waals surface area contributed by atoms with E-state index in [4.69, 9.17) is 28.2 Å². The molecule has 0 radical (unpaired) electrons. The van der Waals surface area contributed by atoms with Crippen molar-refractivity contribution in [1.29, 1.82) is 0 Å². The molecule has 7 heteroatoms. The van der Waals surface area contributed by atoms with Gasteiger partial charge in [-0.3, -0.25) is 0 Å². The number of hydrogen-bond donors (Lipinski definition) is 0. The zero-order chi connectivity index (χ0) is 34.2. The number of fused-ring (bicyclic) bond motifs is 6. The van der Waals surface area contributed by atoms with Crippen LogP contribution in [0.5, 0.6) is 0 Å². The summed E-state index contributed by atoms with van der Waals surface area (Å²) in [7, 11) is 0. The Balaban J connectivity index is 1.06. The standard InChI is InChI=1S/C45H26N4O3/c1-2-8-27(9-3-1)29-16-21-37-42(26-29)52-45(48-37)31-18-23-39-34(25-31)33-24-30(44-47-36-11-5-7-13-41(36)51-44)17-22-38(33)49(39)32-19-14-28(15-20-32)43-46-35-10-4-6-12-40(35)50-43/h1-26H. The second kappa shape index (κ2) is 11.1. The van der Waals surface area contributed by atoms with Crippen LogP contribution >= 0.6 is 0 Å². The molecule has 7 aromatic carbocycles. The van der Waals surface area contributed by atoms with Crippen molar-refractivity contribution >= 4 is 55.1 Å². The molecule has 0 saturated heterocycles. The molecule has 0 N–H and O–H groups in total. The fourth-order valence-electron chi connectivity index (χ4n) is 7.17. The Kier molecular flexibility index (Phi) is 6.12. The quantitative estimate of drug-likeness (QED) is 0.181. The lowest BCUT2D eigenvalue weighted by molar-refractivity contribution is 0.619. The van der Waals surface area contributed by atoms with Crippen LogP contribution in [0.2, 0.25) is 0 Å². The van der Waals surface area contributed by atoms with E-state index in [1.165, 1.54) is 0 Å². The van der Waals surface area contributed by atoms with E-state index in [0.29, 0.717) is 17.7 Å². The van der Waals surface area contributed by atoms with E-state index in [9.17, 15) is 0 Å². The molecule has 0 amide bonds. The molecule has 11 rings (SSSR count). The van der Waals surface area contributed by atoms with Crippen LogP contribution in [-0.2, 0) is 0 Å². The first-order chi connectivity index (χ1) is 25.7. The topological polar surface area (TPSA) is 83.0 Å². The third kappa shape index (κ3) is 4.57. The molecule has 244 valence electrons. The lowest BCUT2D eigenvalue weighted by Crippen LogP contribution is -1.94. The highest BCUT2D eigenvalue weighted by molar-refractivity contribution is 6.11. The normalized spacial score (nSPS) is 11.8. The van der Waals surface area contributed by atoms with E-state index in [0.717, 1.165) is 88.6 Å². The van der Waals surface area contributed by atoms with E-state index < -0.39 is 0 Å². The SMILES string of the molecule is c1ccc(-c2ccc3nc(-c4ccc5c(c4)c4cc(-c6nc7ccccc7o6)ccc4n5-c4ccc(-c5nc6ccccc6o5)cc4)oc3c2)cc1. The maximum Gasteiger partial charge on any atom is 0.227 e. The third-order valence-corrected chi connectivity index (χ3v) is 9.71. The van der Waals surface area contributed by atoms with Gasteiger partial charge in [0.2, 0.25) is 17.7 Å². The molecule has 0 atom stereocenters. The summed E-state index contributed by atoms with van der Waals surface area (Å²) in [6, 6.07) is 53.2. The van der Waals surface area contributed by atoms with Crippen molar-refractivity contribution in [2.75, 3.05) is 0 Å². The summed E-state index contributed by atoms with van der Waals surface area (Å²) in [5.41, 5.74) is 12.8. The summed E-state index contributed by atoms with van der Waals surface area (Å²) in [6.07, 6.45) is 0. The van der Waals surface area contributed by atoms with Crippen molar-refractivity contribution in [2.45, 2.75) is 0 Å². The number of oxazole rings is 3. The predicted molar refractivity (Wildman–Crippen MR) is 205 cm³/mol. The Labute approximate surface area is 296 Å². The van der Waals surface area contributed by atoms with Gasteiger partial charge in [0, 0.05) is 33.2 Å². The predicted octanol–water partition coefficient (Wildman–Crippen LogP) is 11.9. The molecule has 4 aromatic heterocycles. The van der Waals surface area contributed by atoms with Gasteiger partial charge >= 0.3 is 0 Å². The molecule has 52 heavy (non-hydrogen) atoms. The van der Waals surface area contributed by atoms with Gasteiger partial charge in [0.25, 0.3) is 0 Å². The van der Waals surface area contributed by atoms with Crippen LogP contribution in [-0.4, -0.2) is 19.5 Å². The van der Waals surface area contributed by atoms with Crippen LogP contribution in [0.4, 0.5) is 0 Å². The highest BCUT2D eigenvalue weighted by Gasteiger charge is 2.19. The molecule has 0 fully saturated rings. The van der Waals surface area contributed by atoms with Gasteiger partial charge in [-0.05, 0) is 108 Å². The number of aromatic nitrogens is 4. The molecule has 11 aromatic rings. The molecule has 7 nitrogen and oxygen atoms in total. The highest BCUT2D eigenvalue weighted by Crippen LogP contribution is 2.39. The van der Waals surface area contributed by atoms with Gasteiger partial charge in [-0.25, -0.2) is 15.0 Å². The molecule has 0 saturated carbocycles. The average Bonchev–Trinajstić information content (AvgIpc) is 4.00. The zero-order valence-corrected chi connectivity index (χ0v) is 27.5. The first kappa shape index (κ1) is 28.6. The van der Waals surface area contributed by atoms with Gasteiger partial charge in [0.1, 0.15) is 16.6 Å². The minimum Gasteiger partial charge on any atom is -0.436 e. The molecular formula is C45H26N4O3. The van der Waals surface area contributed by atoms with Crippen LogP contribution in [0.15, 0.2) is 171 Å². The maximum atomic E-state index is 6.41. The number of benzene rings is 7. The minimum atomic E-state index is 0.570. The van der Waals surface area contributed by atoms with Gasteiger partial charge in [0.15, 0.2) is 16.7 Å². The Morgan fingerprint density at radius 1 is 0.346 bits per heavy atom. The average molecular weight is 671 g/mol. The summed E-state index contributed by atoms with van der Waals surface area (Å²) in [6.45, 7) is 0. The van der Waals surface area contributed by atoms with Gasteiger partial charge in [-0.2, -0.15) is 0 Å². The Hall–Kier alpha value is -7.25. The van der Waals surface area contributed by atoms with Crippen LogP contribution in [0.25, 0.3) is 106 Å². The van der Waals surface area contributed by atoms with Crippen LogP contribution in [0, 0.1) is 0 Å². The third-order valence-electron chi connectivity index (χ3n) is 9.71. The van der Waals surface area contributed by atoms with Crippen molar-refractivity contribution in [2.24, 2.45) is 0 Å². The summed E-state index contributed by atoms with van der Waals surface area (Å²) in [4.78, 5) is 14.4. The molecule has 4 heterocycles. The Morgan fingerprint density at radius 3 is 1.42 bits per heavy atom. The number of nitrogens with zero attached hydrogens (tertiary/aromatic N) is 4. The molecular weight excluding hydrogens is 645 g/mol. The number of hydrogen-bond acceptors (Lipinski definition) is 6. The van der Waals surface area contributed by atoms with Gasteiger partial charge in [-0.1, -0.05) is 60.7 Å². The molecule has 0 bridgehead atoms.